The van der Waals surface area contributed by atoms with E-state index in [-0.39, 0.29) is 47.3 Å². The van der Waals surface area contributed by atoms with Crippen molar-refractivity contribution in [1.82, 2.24) is 15.2 Å². The van der Waals surface area contributed by atoms with E-state index >= 15 is 0 Å². The van der Waals surface area contributed by atoms with Crippen LogP contribution in [0.25, 0.3) is 10.9 Å². The zero-order chi connectivity index (χ0) is 22.6. The second-order valence-electron chi connectivity index (χ2n) is 7.73. The molecule has 4 amide bonds. The Bertz CT molecular complexity index is 1330. The maximum Gasteiger partial charge on any atom is 0.272 e. The molecule has 2 aliphatic rings. The number of imide groups is 1. The summed E-state index contributed by atoms with van der Waals surface area (Å²) in [6, 6.07) is 8.50. The van der Waals surface area contributed by atoms with Crippen LogP contribution in [0, 0.1) is 5.82 Å². The first-order valence-corrected chi connectivity index (χ1v) is 10.3. The lowest BCUT2D eigenvalue weighted by atomic mass is 10.0. The third kappa shape index (κ3) is 3.31. The highest BCUT2D eigenvalue weighted by Gasteiger charge is 2.39. The average Bonchev–Trinajstić information content (AvgIpc) is 3.33. The largest absolute Gasteiger partial charge is 0.350 e. The van der Waals surface area contributed by atoms with Gasteiger partial charge in [0.15, 0.2) is 5.82 Å². The highest BCUT2D eigenvalue weighted by molar-refractivity contribution is 6.31. The zero-order valence-electron chi connectivity index (χ0n) is 16.5. The number of amides is 4. The summed E-state index contributed by atoms with van der Waals surface area (Å²) < 4.78 is 14.2. The molecule has 1 atom stereocenters. The molecule has 1 unspecified atom stereocenters. The second-order valence-corrected chi connectivity index (χ2v) is 8.14. The number of carbonyl (C=O) groups excluding carboxylic acids is 4. The van der Waals surface area contributed by atoms with Crippen LogP contribution < -0.4 is 10.6 Å². The molecular formula is C22H16ClFN4O4. The van der Waals surface area contributed by atoms with Crippen LogP contribution in [0.5, 0.6) is 0 Å². The number of fused-ring (bicyclic) bond motifs is 2. The minimum absolute atomic E-state index is 0.0349. The summed E-state index contributed by atoms with van der Waals surface area (Å²) >= 11 is 5.79. The molecule has 1 fully saturated rings. The van der Waals surface area contributed by atoms with Crippen molar-refractivity contribution < 1.29 is 23.6 Å². The molecule has 3 aromatic rings. The molecule has 8 nitrogen and oxygen atoms in total. The van der Waals surface area contributed by atoms with E-state index in [9.17, 15) is 23.6 Å². The Morgan fingerprint density at radius 2 is 1.97 bits per heavy atom. The number of carbonyl (C=O) groups is 4. The Hall–Kier alpha value is -3.72. The minimum Gasteiger partial charge on any atom is -0.350 e. The molecule has 2 aromatic carbocycles. The first kappa shape index (κ1) is 20.2. The molecule has 0 radical (unpaired) electrons. The van der Waals surface area contributed by atoms with Crippen molar-refractivity contribution in [2.24, 2.45) is 0 Å². The van der Waals surface area contributed by atoms with E-state index in [0.29, 0.717) is 22.3 Å². The number of halogens is 2. The molecule has 0 aliphatic carbocycles. The molecule has 32 heavy (non-hydrogen) atoms. The van der Waals surface area contributed by atoms with Crippen LogP contribution in [0.4, 0.5) is 10.1 Å². The summed E-state index contributed by atoms with van der Waals surface area (Å²) in [5, 5.41) is 5.16. The summed E-state index contributed by atoms with van der Waals surface area (Å²) in [6.45, 7) is 0.195. The van der Waals surface area contributed by atoms with Crippen molar-refractivity contribution in [3.63, 3.8) is 0 Å². The number of hydrogen-bond donors (Lipinski definition) is 3. The van der Waals surface area contributed by atoms with Gasteiger partial charge in [-0.3, -0.25) is 24.5 Å². The number of aromatic nitrogens is 1. The van der Waals surface area contributed by atoms with Crippen LogP contribution in [-0.2, 0) is 16.1 Å². The smallest absolute Gasteiger partial charge is 0.272 e. The predicted octanol–water partition coefficient (Wildman–Crippen LogP) is 2.97. The molecule has 1 saturated heterocycles. The molecular weight excluding hydrogens is 439 g/mol. The van der Waals surface area contributed by atoms with Crippen molar-refractivity contribution in [2.75, 3.05) is 5.32 Å². The number of aromatic amines is 1. The van der Waals surface area contributed by atoms with Crippen molar-refractivity contribution >= 4 is 51.8 Å². The van der Waals surface area contributed by atoms with Gasteiger partial charge in [0, 0.05) is 35.1 Å². The number of H-pyrrole nitrogens is 1. The van der Waals surface area contributed by atoms with E-state index in [1.807, 2.05) is 0 Å². The maximum absolute atomic E-state index is 14.2. The third-order valence-electron chi connectivity index (χ3n) is 5.72. The van der Waals surface area contributed by atoms with E-state index in [1.165, 1.54) is 17.0 Å². The fourth-order valence-electron chi connectivity index (χ4n) is 4.11. The van der Waals surface area contributed by atoms with Gasteiger partial charge in [-0.15, -0.1) is 0 Å². The van der Waals surface area contributed by atoms with Crippen molar-refractivity contribution in [1.29, 1.82) is 0 Å². The van der Waals surface area contributed by atoms with Crippen LogP contribution in [0.15, 0.2) is 36.4 Å². The third-order valence-corrected chi connectivity index (χ3v) is 6.01. The van der Waals surface area contributed by atoms with E-state index < -0.39 is 23.7 Å². The van der Waals surface area contributed by atoms with Crippen LogP contribution in [0.3, 0.4) is 0 Å². The van der Waals surface area contributed by atoms with Crippen LogP contribution in [0.1, 0.15) is 39.3 Å². The molecule has 0 saturated carbocycles. The van der Waals surface area contributed by atoms with Crippen LogP contribution in [-0.4, -0.2) is 39.6 Å². The Kier molecular flexibility index (Phi) is 4.70. The first-order chi connectivity index (χ1) is 15.3. The number of hydrogen-bond acceptors (Lipinski definition) is 4. The molecule has 162 valence electrons. The summed E-state index contributed by atoms with van der Waals surface area (Å²) in [7, 11) is 0. The lowest BCUT2D eigenvalue weighted by Gasteiger charge is -2.29. The van der Waals surface area contributed by atoms with Crippen LogP contribution >= 0.6 is 11.6 Å². The predicted molar refractivity (Wildman–Crippen MR) is 114 cm³/mol. The van der Waals surface area contributed by atoms with Gasteiger partial charge in [0.2, 0.25) is 11.8 Å². The monoisotopic (exact) mass is 454 g/mol. The number of piperidine rings is 1. The minimum atomic E-state index is -0.710. The van der Waals surface area contributed by atoms with E-state index in [0.717, 1.165) is 0 Å². The fraction of sp³-hybridized carbons (Fsp3) is 0.182. The van der Waals surface area contributed by atoms with Gasteiger partial charge in [0.25, 0.3) is 11.8 Å². The molecule has 2 aliphatic heterocycles. The van der Waals surface area contributed by atoms with Crippen LogP contribution in [0.2, 0.25) is 5.02 Å². The van der Waals surface area contributed by atoms with Crippen molar-refractivity contribution in [3.05, 3.63) is 64.1 Å². The highest BCUT2D eigenvalue weighted by atomic mass is 35.5. The molecule has 5 rings (SSSR count). The standard InChI is InChI=1S/C22H16ClFN4O4/c23-14-3-4-15-13(19(14)24)8-16(26-15)20(30)25-11-1-2-12-10(7-11)9-28(22(12)32)17-5-6-18(29)27-21(17)31/h1-4,7-8,17,26H,5-6,9H2,(H,25,30)(H,27,29,31). The Morgan fingerprint density at radius 3 is 2.75 bits per heavy atom. The lowest BCUT2D eigenvalue weighted by molar-refractivity contribution is -0.136. The Morgan fingerprint density at radius 1 is 1.16 bits per heavy atom. The highest BCUT2D eigenvalue weighted by Crippen LogP contribution is 2.30. The SMILES string of the molecule is O=C1CCC(N2Cc3cc(NC(=O)c4cc5c(F)c(Cl)ccc5[nH]4)ccc3C2=O)C(=O)N1. The van der Waals surface area contributed by atoms with Gasteiger partial charge in [-0.05, 0) is 48.4 Å². The number of nitrogens with zero attached hydrogens (tertiary/aromatic N) is 1. The molecule has 0 bridgehead atoms. The van der Waals surface area contributed by atoms with Gasteiger partial charge in [0.1, 0.15) is 11.7 Å². The molecule has 3 heterocycles. The summed E-state index contributed by atoms with van der Waals surface area (Å²) in [4.78, 5) is 53.3. The number of nitrogens with one attached hydrogen (secondary N) is 3. The van der Waals surface area contributed by atoms with Gasteiger partial charge in [-0.1, -0.05) is 11.6 Å². The normalized spacial score (nSPS) is 18.1. The quantitative estimate of drug-likeness (QED) is 0.528. The lowest BCUT2D eigenvalue weighted by Crippen LogP contribution is -2.52. The fourth-order valence-corrected chi connectivity index (χ4v) is 4.28. The molecule has 1 aromatic heterocycles. The maximum atomic E-state index is 14.2. The number of anilines is 1. The second kappa shape index (κ2) is 7.45. The molecule has 10 heteroatoms. The Labute approximate surface area is 185 Å². The summed E-state index contributed by atoms with van der Waals surface area (Å²) in [6.07, 6.45) is 0.448. The summed E-state index contributed by atoms with van der Waals surface area (Å²) in [5.41, 5.74) is 2.14. The average molecular weight is 455 g/mol. The van der Waals surface area contributed by atoms with Crippen molar-refractivity contribution in [3.8, 4) is 0 Å². The van der Waals surface area contributed by atoms with Gasteiger partial charge >= 0.3 is 0 Å². The molecule has 0 spiro atoms. The van der Waals surface area contributed by atoms with Gasteiger partial charge in [0.05, 0.1) is 5.02 Å². The van der Waals surface area contributed by atoms with E-state index in [4.69, 9.17) is 11.6 Å². The zero-order valence-corrected chi connectivity index (χ0v) is 17.3. The number of rotatable bonds is 3. The van der Waals surface area contributed by atoms with Gasteiger partial charge in [-0.2, -0.15) is 0 Å². The number of benzene rings is 2. The van der Waals surface area contributed by atoms with Gasteiger partial charge in [-0.25, -0.2) is 4.39 Å². The van der Waals surface area contributed by atoms with E-state index in [1.54, 1.807) is 24.3 Å². The first-order valence-electron chi connectivity index (χ1n) is 9.87. The van der Waals surface area contributed by atoms with Crippen molar-refractivity contribution in [2.45, 2.75) is 25.4 Å². The van der Waals surface area contributed by atoms with E-state index in [2.05, 4.69) is 15.6 Å². The van der Waals surface area contributed by atoms with Gasteiger partial charge < -0.3 is 15.2 Å². The summed E-state index contributed by atoms with van der Waals surface area (Å²) in [5.74, 6) is -2.22. The Balaban J connectivity index is 1.35. The molecule has 3 N–H and O–H groups in total. The topological polar surface area (TPSA) is 111 Å².